The van der Waals surface area contributed by atoms with Gasteiger partial charge in [0.1, 0.15) is 5.82 Å². The standard InChI is InChI=1S/C20H17FN2O/c21-17-7-3-1-5-14(17)12-22-20(24)16-11-19(13-9-10-13)23-18-8-4-2-6-15(16)18/h1-8,11,13H,9-10,12H2,(H,22,24). The van der Waals surface area contributed by atoms with Crippen LogP contribution in [0, 0.1) is 5.82 Å². The number of amides is 1. The lowest BCUT2D eigenvalue weighted by Crippen LogP contribution is -2.24. The number of aromatic nitrogens is 1. The first-order valence-corrected chi connectivity index (χ1v) is 8.13. The van der Waals surface area contributed by atoms with Gasteiger partial charge in [-0.15, -0.1) is 0 Å². The monoisotopic (exact) mass is 320 g/mol. The van der Waals surface area contributed by atoms with E-state index < -0.39 is 0 Å². The summed E-state index contributed by atoms with van der Waals surface area (Å²) in [5.74, 6) is -0.0393. The molecular formula is C20H17FN2O. The van der Waals surface area contributed by atoms with Crippen molar-refractivity contribution in [3.63, 3.8) is 0 Å². The SMILES string of the molecule is O=C(NCc1ccccc1F)c1cc(C2CC2)nc2ccccc12. The molecule has 1 fully saturated rings. The van der Waals surface area contributed by atoms with Gasteiger partial charge in [0.05, 0.1) is 11.1 Å². The number of hydrogen-bond acceptors (Lipinski definition) is 2. The Morgan fingerprint density at radius 3 is 2.67 bits per heavy atom. The molecule has 4 heteroatoms. The molecule has 1 heterocycles. The zero-order valence-electron chi connectivity index (χ0n) is 13.1. The maximum absolute atomic E-state index is 13.7. The van der Waals surface area contributed by atoms with Crippen LogP contribution in [-0.2, 0) is 6.54 Å². The fourth-order valence-corrected chi connectivity index (χ4v) is 2.88. The zero-order chi connectivity index (χ0) is 16.5. The van der Waals surface area contributed by atoms with Crippen LogP contribution in [0.5, 0.6) is 0 Å². The quantitative estimate of drug-likeness (QED) is 0.783. The van der Waals surface area contributed by atoms with Crippen molar-refractivity contribution in [3.8, 4) is 0 Å². The van der Waals surface area contributed by atoms with Crippen LogP contribution in [0.3, 0.4) is 0 Å². The molecule has 1 aliphatic carbocycles. The van der Waals surface area contributed by atoms with Crippen molar-refractivity contribution >= 4 is 16.8 Å². The van der Waals surface area contributed by atoms with Gasteiger partial charge in [-0.25, -0.2) is 4.39 Å². The molecule has 0 unspecified atom stereocenters. The Bertz CT molecular complexity index is 918. The molecular weight excluding hydrogens is 303 g/mol. The van der Waals surface area contributed by atoms with Gasteiger partial charge in [0.15, 0.2) is 0 Å². The molecule has 1 N–H and O–H groups in total. The minimum Gasteiger partial charge on any atom is -0.348 e. The summed E-state index contributed by atoms with van der Waals surface area (Å²) in [5, 5.41) is 3.65. The van der Waals surface area contributed by atoms with Gasteiger partial charge in [-0.1, -0.05) is 36.4 Å². The van der Waals surface area contributed by atoms with E-state index in [1.165, 1.54) is 6.07 Å². The average molecular weight is 320 g/mol. The summed E-state index contributed by atoms with van der Waals surface area (Å²) in [7, 11) is 0. The highest BCUT2D eigenvalue weighted by molar-refractivity contribution is 6.06. The Labute approximate surface area is 139 Å². The topological polar surface area (TPSA) is 42.0 Å². The number of nitrogens with zero attached hydrogens (tertiary/aromatic N) is 1. The van der Waals surface area contributed by atoms with Gasteiger partial charge >= 0.3 is 0 Å². The van der Waals surface area contributed by atoms with E-state index in [0.29, 0.717) is 17.0 Å². The summed E-state index contributed by atoms with van der Waals surface area (Å²) < 4.78 is 13.7. The highest BCUT2D eigenvalue weighted by Gasteiger charge is 2.26. The highest BCUT2D eigenvalue weighted by atomic mass is 19.1. The number of hydrogen-bond donors (Lipinski definition) is 1. The fraction of sp³-hybridized carbons (Fsp3) is 0.200. The second kappa shape index (κ2) is 6.04. The molecule has 0 bridgehead atoms. The summed E-state index contributed by atoms with van der Waals surface area (Å²) in [6.07, 6.45) is 2.25. The molecule has 4 rings (SSSR count). The first-order chi connectivity index (χ1) is 11.7. The number of halogens is 1. The van der Waals surface area contributed by atoms with E-state index in [-0.39, 0.29) is 18.3 Å². The Morgan fingerprint density at radius 2 is 1.88 bits per heavy atom. The summed E-state index contributed by atoms with van der Waals surface area (Å²) >= 11 is 0. The lowest BCUT2D eigenvalue weighted by molar-refractivity contribution is 0.0952. The number of carbonyl (C=O) groups is 1. The fourth-order valence-electron chi connectivity index (χ4n) is 2.88. The Kier molecular flexibility index (Phi) is 3.73. The van der Waals surface area contributed by atoms with Gasteiger partial charge in [0, 0.05) is 29.1 Å². The molecule has 0 radical (unpaired) electrons. The normalized spacial score (nSPS) is 13.9. The molecule has 3 aromatic rings. The van der Waals surface area contributed by atoms with Crippen LogP contribution >= 0.6 is 0 Å². The number of fused-ring (bicyclic) bond motifs is 1. The predicted molar refractivity (Wildman–Crippen MR) is 91.3 cm³/mol. The van der Waals surface area contributed by atoms with Crippen LogP contribution in [0.1, 0.15) is 40.4 Å². The molecule has 0 spiro atoms. The maximum Gasteiger partial charge on any atom is 0.252 e. The Balaban J connectivity index is 1.65. The minimum absolute atomic E-state index is 0.168. The van der Waals surface area contributed by atoms with Crippen molar-refractivity contribution < 1.29 is 9.18 Å². The third-order valence-electron chi connectivity index (χ3n) is 4.37. The predicted octanol–water partition coefficient (Wildman–Crippen LogP) is 4.18. The van der Waals surface area contributed by atoms with Crippen molar-refractivity contribution in [2.45, 2.75) is 25.3 Å². The lowest BCUT2D eigenvalue weighted by atomic mass is 10.1. The van der Waals surface area contributed by atoms with Crippen molar-refractivity contribution in [1.82, 2.24) is 10.3 Å². The van der Waals surface area contributed by atoms with Crippen LogP contribution in [-0.4, -0.2) is 10.9 Å². The van der Waals surface area contributed by atoms with E-state index in [9.17, 15) is 9.18 Å². The minimum atomic E-state index is -0.309. The molecule has 24 heavy (non-hydrogen) atoms. The Morgan fingerprint density at radius 1 is 1.12 bits per heavy atom. The summed E-state index contributed by atoms with van der Waals surface area (Å²) in [5.41, 5.74) is 2.90. The van der Waals surface area contributed by atoms with Crippen molar-refractivity contribution in [2.75, 3.05) is 0 Å². The number of pyridine rings is 1. The second-order valence-electron chi connectivity index (χ2n) is 6.16. The average Bonchev–Trinajstić information content (AvgIpc) is 3.45. The van der Waals surface area contributed by atoms with Gasteiger partial charge < -0.3 is 5.32 Å². The van der Waals surface area contributed by atoms with Crippen LogP contribution in [0.15, 0.2) is 54.6 Å². The molecule has 1 saturated carbocycles. The van der Waals surface area contributed by atoms with E-state index in [1.807, 2.05) is 30.3 Å². The van der Waals surface area contributed by atoms with Crippen LogP contribution in [0.25, 0.3) is 10.9 Å². The van der Waals surface area contributed by atoms with E-state index in [1.54, 1.807) is 18.2 Å². The van der Waals surface area contributed by atoms with E-state index in [2.05, 4.69) is 10.3 Å². The summed E-state index contributed by atoms with van der Waals surface area (Å²) in [6.45, 7) is 0.168. The lowest BCUT2D eigenvalue weighted by Gasteiger charge is -2.10. The van der Waals surface area contributed by atoms with Gasteiger partial charge in [0.2, 0.25) is 0 Å². The number of nitrogens with one attached hydrogen (secondary N) is 1. The molecule has 120 valence electrons. The zero-order valence-corrected chi connectivity index (χ0v) is 13.1. The van der Waals surface area contributed by atoms with Crippen LogP contribution < -0.4 is 5.32 Å². The number of benzene rings is 2. The van der Waals surface area contributed by atoms with E-state index >= 15 is 0 Å². The van der Waals surface area contributed by atoms with Crippen molar-refractivity contribution in [2.24, 2.45) is 0 Å². The Hall–Kier alpha value is -2.75. The highest BCUT2D eigenvalue weighted by Crippen LogP contribution is 2.40. The third-order valence-corrected chi connectivity index (χ3v) is 4.37. The maximum atomic E-state index is 13.7. The second-order valence-corrected chi connectivity index (χ2v) is 6.16. The van der Waals surface area contributed by atoms with E-state index in [0.717, 1.165) is 29.4 Å². The molecule has 2 aromatic carbocycles. The molecule has 0 aliphatic heterocycles. The first kappa shape index (κ1) is 14.8. The third kappa shape index (κ3) is 2.87. The largest absolute Gasteiger partial charge is 0.348 e. The number of carbonyl (C=O) groups excluding carboxylic acids is 1. The first-order valence-electron chi connectivity index (χ1n) is 8.13. The van der Waals surface area contributed by atoms with Gasteiger partial charge in [0.25, 0.3) is 5.91 Å². The van der Waals surface area contributed by atoms with E-state index in [4.69, 9.17) is 0 Å². The number of para-hydroxylation sites is 1. The smallest absolute Gasteiger partial charge is 0.252 e. The van der Waals surface area contributed by atoms with Gasteiger partial charge in [-0.2, -0.15) is 0 Å². The van der Waals surface area contributed by atoms with Gasteiger partial charge in [-0.05, 0) is 31.0 Å². The molecule has 1 amide bonds. The summed E-state index contributed by atoms with van der Waals surface area (Å²) in [6, 6.07) is 16.0. The molecule has 0 saturated heterocycles. The van der Waals surface area contributed by atoms with Crippen LogP contribution in [0.2, 0.25) is 0 Å². The van der Waals surface area contributed by atoms with Crippen LogP contribution in [0.4, 0.5) is 4.39 Å². The molecule has 1 aliphatic rings. The summed E-state index contributed by atoms with van der Waals surface area (Å²) in [4.78, 5) is 17.3. The van der Waals surface area contributed by atoms with Crippen molar-refractivity contribution in [3.05, 3.63) is 77.2 Å². The molecule has 1 aromatic heterocycles. The number of rotatable bonds is 4. The van der Waals surface area contributed by atoms with Gasteiger partial charge in [-0.3, -0.25) is 9.78 Å². The molecule has 0 atom stereocenters. The molecule has 3 nitrogen and oxygen atoms in total. The van der Waals surface area contributed by atoms with Crippen molar-refractivity contribution in [1.29, 1.82) is 0 Å².